The molecule has 1 aliphatic rings. The topological polar surface area (TPSA) is 80.0 Å². The number of carbonyl (C=O) groups is 2. The van der Waals surface area contributed by atoms with Gasteiger partial charge in [0.25, 0.3) is 11.7 Å². The lowest BCUT2D eigenvalue weighted by Gasteiger charge is -2.25. The Morgan fingerprint density at radius 2 is 1.72 bits per heavy atom. The number of Topliss-reactive ketones (excluding diaryl/α,β-unsaturated/α-hetero) is 1. The maximum atomic E-state index is 13.5. The lowest BCUT2D eigenvalue weighted by molar-refractivity contribution is -0.140. The van der Waals surface area contributed by atoms with Gasteiger partial charge in [0.1, 0.15) is 29.7 Å². The average Bonchev–Trinajstić information content (AvgIpc) is 3.51. The smallest absolute Gasteiger partial charge is 0.296 e. The number of benzene rings is 3. The molecule has 7 heteroatoms. The van der Waals surface area contributed by atoms with Gasteiger partial charge in [-0.15, -0.1) is 0 Å². The number of hydrogen-bond donors (Lipinski definition) is 1. The number of hydrogen-bond acceptors (Lipinski definition) is 5. The fraction of sp³-hybridized carbons (Fsp3) is 0.103. The summed E-state index contributed by atoms with van der Waals surface area (Å²) in [5, 5.41) is 11.1. The number of furan rings is 1. The molecule has 4 aromatic rings. The Kier molecular flexibility index (Phi) is 6.36. The highest BCUT2D eigenvalue weighted by atomic mass is 19.1. The van der Waals surface area contributed by atoms with Crippen molar-refractivity contribution in [3.8, 4) is 5.75 Å². The highest BCUT2D eigenvalue weighted by Crippen LogP contribution is 2.41. The third-order valence-electron chi connectivity index (χ3n) is 5.99. The second-order valence-corrected chi connectivity index (χ2v) is 8.36. The van der Waals surface area contributed by atoms with E-state index < -0.39 is 23.5 Å². The molecule has 0 saturated carbocycles. The molecule has 0 bridgehead atoms. The van der Waals surface area contributed by atoms with Crippen LogP contribution in [0.2, 0.25) is 0 Å². The monoisotopic (exact) mass is 483 g/mol. The van der Waals surface area contributed by atoms with Crippen molar-refractivity contribution in [3.05, 3.63) is 131 Å². The van der Waals surface area contributed by atoms with E-state index in [1.54, 1.807) is 36.4 Å². The van der Waals surface area contributed by atoms with Crippen molar-refractivity contribution in [3.63, 3.8) is 0 Å². The Balaban J connectivity index is 1.55. The summed E-state index contributed by atoms with van der Waals surface area (Å²) in [5.41, 5.74) is 1.71. The highest BCUT2D eigenvalue weighted by molar-refractivity contribution is 6.46. The Hall–Kier alpha value is -4.65. The van der Waals surface area contributed by atoms with E-state index in [4.69, 9.17) is 9.15 Å². The Morgan fingerprint density at radius 3 is 2.44 bits per heavy atom. The summed E-state index contributed by atoms with van der Waals surface area (Å²) in [6, 6.07) is 24.3. The van der Waals surface area contributed by atoms with Gasteiger partial charge in [0, 0.05) is 5.56 Å². The third kappa shape index (κ3) is 4.63. The number of ketones is 1. The molecule has 36 heavy (non-hydrogen) atoms. The van der Waals surface area contributed by atoms with E-state index in [9.17, 15) is 19.1 Å². The molecule has 3 aromatic carbocycles. The van der Waals surface area contributed by atoms with Crippen molar-refractivity contribution in [2.45, 2.75) is 19.2 Å². The van der Waals surface area contributed by atoms with Crippen LogP contribution in [-0.4, -0.2) is 21.7 Å². The van der Waals surface area contributed by atoms with Gasteiger partial charge < -0.3 is 19.2 Å². The van der Waals surface area contributed by atoms with Crippen molar-refractivity contribution in [1.82, 2.24) is 4.90 Å². The number of aliphatic hydroxyl groups is 1. The number of likely N-dealkylation sites (tertiary alicyclic amines) is 1. The zero-order chi connectivity index (χ0) is 25.1. The Morgan fingerprint density at radius 1 is 0.944 bits per heavy atom. The van der Waals surface area contributed by atoms with Crippen LogP contribution < -0.4 is 4.74 Å². The molecule has 1 N–H and O–H groups in total. The molecule has 180 valence electrons. The zero-order valence-corrected chi connectivity index (χ0v) is 19.1. The quantitative estimate of drug-likeness (QED) is 0.210. The zero-order valence-electron chi connectivity index (χ0n) is 19.1. The Labute approximate surface area is 206 Å². The predicted octanol–water partition coefficient (Wildman–Crippen LogP) is 5.62. The number of carbonyl (C=O) groups excluding carboxylic acids is 2. The van der Waals surface area contributed by atoms with Crippen LogP contribution in [0.3, 0.4) is 0 Å². The van der Waals surface area contributed by atoms with Crippen LogP contribution in [0.25, 0.3) is 5.76 Å². The van der Waals surface area contributed by atoms with Crippen molar-refractivity contribution in [2.75, 3.05) is 0 Å². The summed E-state index contributed by atoms with van der Waals surface area (Å²) in [6.07, 6.45) is 1.48. The number of ether oxygens (including phenoxy) is 1. The molecule has 1 amide bonds. The van der Waals surface area contributed by atoms with Gasteiger partial charge in [0.2, 0.25) is 0 Å². The van der Waals surface area contributed by atoms with E-state index in [1.807, 2.05) is 30.3 Å². The molecule has 1 atom stereocenters. The maximum Gasteiger partial charge on any atom is 0.296 e. The molecule has 2 heterocycles. The first-order valence-electron chi connectivity index (χ1n) is 11.3. The summed E-state index contributed by atoms with van der Waals surface area (Å²) in [7, 11) is 0. The molecule has 0 radical (unpaired) electrons. The molecule has 0 aliphatic carbocycles. The minimum atomic E-state index is -0.902. The molecule has 1 saturated heterocycles. The van der Waals surface area contributed by atoms with E-state index in [-0.39, 0.29) is 23.4 Å². The van der Waals surface area contributed by atoms with Gasteiger partial charge in [-0.25, -0.2) is 4.39 Å². The number of nitrogens with zero attached hydrogens (tertiary/aromatic N) is 1. The van der Waals surface area contributed by atoms with Crippen molar-refractivity contribution < 1.29 is 28.2 Å². The van der Waals surface area contributed by atoms with Crippen LogP contribution in [-0.2, 0) is 22.7 Å². The van der Waals surface area contributed by atoms with Gasteiger partial charge >= 0.3 is 0 Å². The van der Waals surface area contributed by atoms with Crippen molar-refractivity contribution in [2.24, 2.45) is 0 Å². The second-order valence-electron chi connectivity index (χ2n) is 8.36. The van der Waals surface area contributed by atoms with Crippen LogP contribution in [0.15, 0.2) is 107 Å². The first-order valence-corrected chi connectivity index (χ1v) is 11.3. The third-order valence-corrected chi connectivity index (χ3v) is 5.99. The number of halogens is 1. The van der Waals surface area contributed by atoms with Crippen molar-refractivity contribution >= 4 is 17.4 Å². The van der Waals surface area contributed by atoms with Gasteiger partial charge in [-0.2, -0.15) is 0 Å². The fourth-order valence-corrected chi connectivity index (χ4v) is 4.24. The second kappa shape index (κ2) is 9.92. The summed E-state index contributed by atoms with van der Waals surface area (Å²) in [5.74, 6) is -1.43. The first-order chi connectivity index (χ1) is 17.5. The molecular weight excluding hydrogens is 461 g/mol. The summed E-state index contributed by atoms with van der Waals surface area (Å²) in [4.78, 5) is 27.6. The maximum absolute atomic E-state index is 13.5. The van der Waals surface area contributed by atoms with E-state index in [0.29, 0.717) is 23.7 Å². The molecule has 1 aromatic heterocycles. The van der Waals surface area contributed by atoms with Gasteiger partial charge in [0.15, 0.2) is 0 Å². The minimum Gasteiger partial charge on any atom is -0.507 e. The van der Waals surface area contributed by atoms with Gasteiger partial charge in [-0.1, -0.05) is 42.5 Å². The average molecular weight is 483 g/mol. The van der Waals surface area contributed by atoms with E-state index in [2.05, 4.69) is 0 Å². The molecule has 1 aliphatic heterocycles. The number of aliphatic hydroxyl groups excluding tert-OH is 1. The van der Waals surface area contributed by atoms with E-state index in [0.717, 1.165) is 5.56 Å². The fourth-order valence-electron chi connectivity index (χ4n) is 4.24. The van der Waals surface area contributed by atoms with Gasteiger partial charge in [0.05, 0.1) is 24.4 Å². The summed E-state index contributed by atoms with van der Waals surface area (Å²) < 4.78 is 24.8. The molecular formula is C29H22FNO5. The van der Waals surface area contributed by atoms with Gasteiger partial charge in [-0.3, -0.25) is 9.59 Å². The highest BCUT2D eigenvalue weighted by Gasteiger charge is 2.46. The Bertz CT molecular complexity index is 1410. The minimum absolute atomic E-state index is 0.0253. The molecule has 1 fully saturated rings. The molecule has 6 nitrogen and oxygen atoms in total. The standard InChI is InChI=1S/C29H22FNO5/c30-22-13-11-20(12-14-22)27(32)25-26(31(29(34)28(25)33)17-24-10-5-15-35-24)21-8-4-9-23(16-21)36-18-19-6-2-1-3-7-19/h1-16,26,32H,17-18H2/t26-/m1/s1. The van der Waals surface area contributed by atoms with Crippen LogP contribution in [0.4, 0.5) is 4.39 Å². The van der Waals surface area contributed by atoms with Gasteiger partial charge in [-0.05, 0) is 59.7 Å². The largest absolute Gasteiger partial charge is 0.507 e. The molecule has 0 spiro atoms. The lowest BCUT2D eigenvalue weighted by Crippen LogP contribution is -2.29. The summed E-state index contributed by atoms with van der Waals surface area (Å²) in [6.45, 7) is 0.365. The van der Waals surface area contributed by atoms with Crippen LogP contribution in [0.5, 0.6) is 5.75 Å². The van der Waals surface area contributed by atoms with E-state index in [1.165, 1.54) is 35.4 Å². The summed E-state index contributed by atoms with van der Waals surface area (Å²) >= 11 is 0. The number of rotatable bonds is 7. The van der Waals surface area contributed by atoms with Crippen LogP contribution in [0, 0.1) is 5.82 Å². The predicted molar refractivity (Wildman–Crippen MR) is 130 cm³/mol. The molecule has 5 rings (SSSR count). The van der Waals surface area contributed by atoms with Crippen LogP contribution >= 0.6 is 0 Å². The van der Waals surface area contributed by atoms with Crippen molar-refractivity contribution in [1.29, 1.82) is 0 Å². The SMILES string of the molecule is O=C1C(=O)N(Cc2ccco2)[C@H](c2cccc(OCc3ccccc3)c2)C1=C(O)c1ccc(F)cc1. The first kappa shape index (κ1) is 23.1. The number of amides is 1. The van der Waals surface area contributed by atoms with Crippen LogP contribution in [0.1, 0.15) is 28.5 Å². The molecule has 0 unspecified atom stereocenters. The van der Waals surface area contributed by atoms with E-state index >= 15 is 0 Å². The normalized spacial score (nSPS) is 16.9. The lowest BCUT2D eigenvalue weighted by atomic mass is 9.95.